The second-order valence-corrected chi connectivity index (χ2v) is 8.43. The Morgan fingerprint density at radius 3 is 2.45 bits per heavy atom. The first kappa shape index (κ1) is 18.8. The Kier molecular flexibility index (Phi) is 7.22. The van der Waals surface area contributed by atoms with E-state index in [-0.39, 0.29) is 23.6 Å². The van der Waals surface area contributed by atoms with Crippen molar-refractivity contribution < 1.29 is 13.2 Å². The molecule has 0 aliphatic heterocycles. The summed E-state index contributed by atoms with van der Waals surface area (Å²) in [5, 5.41) is 5.52. The van der Waals surface area contributed by atoms with Crippen molar-refractivity contribution in [2.24, 2.45) is 0 Å². The van der Waals surface area contributed by atoms with E-state index in [1.807, 2.05) is 37.4 Å². The molecule has 124 valence electrons. The minimum absolute atomic E-state index is 0.0489. The Morgan fingerprint density at radius 1 is 1.23 bits per heavy atom. The van der Waals surface area contributed by atoms with E-state index >= 15 is 0 Å². The summed E-state index contributed by atoms with van der Waals surface area (Å²) in [7, 11) is -3.10. The van der Waals surface area contributed by atoms with Crippen LogP contribution in [0.15, 0.2) is 29.2 Å². The molecule has 1 unspecified atom stereocenters. The third kappa shape index (κ3) is 5.88. The lowest BCUT2D eigenvalue weighted by molar-refractivity contribution is 0.235. The maximum absolute atomic E-state index is 12.0. The van der Waals surface area contributed by atoms with Gasteiger partial charge < -0.3 is 10.6 Å². The van der Waals surface area contributed by atoms with Crippen molar-refractivity contribution in [3.8, 4) is 0 Å². The number of rotatable bonds is 7. The van der Waals surface area contributed by atoms with Gasteiger partial charge in [0.1, 0.15) is 0 Å². The van der Waals surface area contributed by atoms with Gasteiger partial charge in [-0.2, -0.15) is 0 Å². The van der Waals surface area contributed by atoms with Gasteiger partial charge in [-0.25, -0.2) is 13.2 Å². The SMILES string of the molecule is CCS(=O)(=O)CC(C)NC(=O)N[C@H](C)c1ccccc1SC. The van der Waals surface area contributed by atoms with Crippen molar-refractivity contribution in [1.82, 2.24) is 10.6 Å². The van der Waals surface area contributed by atoms with Crippen molar-refractivity contribution in [2.45, 2.75) is 37.8 Å². The Balaban J connectivity index is 2.61. The molecule has 0 bridgehead atoms. The number of hydrogen-bond donors (Lipinski definition) is 2. The smallest absolute Gasteiger partial charge is 0.315 e. The summed E-state index contributed by atoms with van der Waals surface area (Å²) in [6.45, 7) is 5.19. The number of hydrogen-bond acceptors (Lipinski definition) is 4. The van der Waals surface area contributed by atoms with Crippen molar-refractivity contribution in [3.63, 3.8) is 0 Å². The summed E-state index contributed by atoms with van der Waals surface area (Å²) < 4.78 is 23.1. The largest absolute Gasteiger partial charge is 0.335 e. The summed E-state index contributed by atoms with van der Waals surface area (Å²) in [6, 6.07) is 6.93. The van der Waals surface area contributed by atoms with Crippen molar-refractivity contribution in [1.29, 1.82) is 0 Å². The third-order valence-electron chi connectivity index (χ3n) is 3.27. The molecule has 2 atom stereocenters. The third-order valence-corrected chi connectivity index (χ3v) is 5.97. The van der Waals surface area contributed by atoms with Crippen LogP contribution in [0, 0.1) is 0 Å². The zero-order valence-corrected chi connectivity index (χ0v) is 15.1. The first-order valence-electron chi connectivity index (χ1n) is 7.19. The molecule has 2 N–H and O–H groups in total. The average molecular weight is 345 g/mol. The highest BCUT2D eigenvalue weighted by atomic mass is 32.2. The highest BCUT2D eigenvalue weighted by Gasteiger charge is 2.17. The second kappa shape index (κ2) is 8.43. The monoisotopic (exact) mass is 344 g/mol. The lowest BCUT2D eigenvalue weighted by Crippen LogP contribution is -2.44. The van der Waals surface area contributed by atoms with Crippen molar-refractivity contribution >= 4 is 27.6 Å². The highest BCUT2D eigenvalue weighted by molar-refractivity contribution is 7.98. The molecule has 1 aromatic carbocycles. The Morgan fingerprint density at radius 2 is 1.86 bits per heavy atom. The maximum Gasteiger partial charge on any atom is 0.315 e. The summed E-state index contributed by atoms with van der Waals surface area (Å²) in [5.74, 6) is 0.0326. The molecule has 0 aliphatic rings. The summed E-state index contributed by atoms with van der Waals surface area (Å²) >= 11 is 1.62. The van der Waals surface area contributed by atoms with Gasteiger partial charge in [-0.1, -0.05) is 25.1 Å². The van der Waals surface area contributed by atoms with Crippen LogP contribution in [0.5, 0.6) is 0 Å². The lowest BCUT2D eigenvalue weighted by atomic mass is 10.1. The topological polar surface area (TPSA) is 75.3 Å². The number of nitrogens with one attached hydrogen (secondary N) is 2. The average Bonchev–Trinajstić information content (AvgIpc) is 2.46. The van der Waals surface area contributed by atoms with E-state index in [9.17, 15) is 13.2 Å². The van der Waals surface area contributed by atoms with Gasteiger partial charge in [0.25, 0.3) is 0 Å². The molecular formula is C15H24N2O3S2. The number of thioether (sulfide) groups is 1. The molecule has 1 rings (SSSR count). The zero-order valence-electron chi connectivity index (χ0n) is 13.4. The normalized spacial score (nSPS) is 14.2. The lowest BCUT2D eigenvalue weighted by Gasteiger charge is -2.20. The number of amides is 2. The zero-order chi connectivity index (χ0) is 16.8. The van der Waals surface area contributed by atoms with Gasteiger partial charge in [0, 0.05) is 16.7 Å². The van der Waals surface area contributed by atoms with E-state index < -0.39 is 15.9 Å². The number of sulfone groups is 1. The van der Waals surface area contributed by atoms with E-state index in [1.165, 1.54) is 0 Å². The van der Waals surface area contributed by atoms with Gasteiger partial charge in [-0.05, 0) is 31.7 Å². The molecule has 0 saturated heterocycles. The fraction of sp³-hybridized carbons (Fsp3) is 0.533. The van der Waals surface area contributed by atoms with Gasteiger partial charge in [-0.15, -0.1) is 11.8 Å². The van der Waals surface area contributed by atoms with Crippen LogP contribution in [-0.2, 0) is 9.84 Å². The number of urea groups is 1. The van der Waals surface area contributed by atoms with Crippen LogP contribution in [0.1, 0.15) is 32.4 Å². The Hall–Kier alpha value is -1.21. The Labute approximate surface area is 137 Å². The quantitative estimate of drug-likeness (QED) is 0.746. The number of carbonyl (C=O) groups is 1. The first-order chi connectivity index (χ1) is 10.3. The van der Waals surface area contributed by atoms with Gasteiger partial charge >= 0.3 is 6.03 Å². The van der Waals surface area contributed by atoms with Crippen molar-refractivity contribution in [3.05, 3.63) is 29.8 Å². The Bertz CT molecular complexity index is 603. The van der Waals surface area contributed by atoms with E-state index in [4.69, 9.17) is 0 Å². The van der Waals surface area contributed by atoms with Crippen LogP contribution < -0.4 is 10.6 Å². The van der Waals surface area contributed by atoms with Crippen molar-refractivity contribution in [2.75, 3.05) is 17.8 Å². The molecule has 22 heavy (non-hydrogen) atoms. The highest BCUT2D eigenvalue weighted by Crippen LogP contribution is 2.25. The molecule has 7 heteroatoms. The minimum atomic E-state index is -3.10. The summed E-state index contributed by atoms with van der Waals surface area (Å²) in [5.41, 5.74) is 1.04. The van der Waals surface area contributed by atoms with E-state index in [0.717, 1.165) is 10.5 Å². The van der Waals surface area contributed by atoms with E-state index in [0.29, 0.717) is 0 Å². The first-order valence-corrected chi connectivity index (χ1v) is 10.2. The van der Waals surface area contributed by atoms with Crippen LogP contribution in [0.2, 0.25) is 0 Å². The van der Waals surface area contributed by atoms with Crippen LogP contribution in [0.3, 0.4) is 0 Å². The molecule has 1 aromatic rings. The molecule has 0 aromatic heterocycles. The molecule has 0 fully saturated rings. The van der Waals surface area contributed by atoms with Crippen LogP contribution in [0.25, 0.3) is 0 Å². The fourth-order valence-corrected chi connectivity index (χ4v) is 3.88. The van der Waals surface area contributed by atoms with E-state index in [1.54, 1.807) is 25.6 Å². The van der Waals surface area contributed by atoms with Gasteiger partial charge in [0.05, 0.1) is 11.8 Å². The number of benzene rings is 1. The molecular weight excluding hydrogens is 320 g/mol. The molecule has 2 amide bonds. The fourth-order valence-electron chi connectivity index (χ4n) is 2.10. The van der Waals surface area contributed by atoms with Crippen LogP contribution in [0.4, 0.5) is 4.79 Å². The maximum atomic E-state index is 12.0. The molecule has 0 aliphatic carbocycles. The predicted molar refractivity (Wildman–Crippen MR) is 92.1 cm³/mol. The van der Waals surface area contributed by atoms with Crippen LogP contribution >= 0.6 is 11.8 Å². The molecule has 0 spiro atoms. The van der Waals surface area contributed by atoms with E-state index in [2.05, 4.69) is 10.6 Å². The minimum Gasteiger partial charge on any atom is -0.335 e. The molecule has 0 radical (unpaired) electrons. The molecule has 0 saturated carbocycles. The van der Waals surface area contributed by atoms with Gasteiger partial charge in [0.2, 0.25) is 0 Å². The predicted octanol–water partition coefficient (Wildman–Crippen LogP) is 2.59. The van der Waals surface area contributed by atoms with Gasteiger partial charge in [-0.3, -0.25) is 0 Å². The number of carbonyl (C=O) groups excluding carboxylic acids is 1. The molecule has 0 heterocycles. The second-order valence-electron chi connectivity index (χ2n) is 5.18. The van der Waals surface area contributed by atoms with Gasteiger partial charge in [0.15, 0.2) is 9.84 Å². The van der Waals surface area contributed by atoms with Crippen LogP contribution in [-0.4, -0.2) is 38.3 Å². The standard InChI is InChI=1S/C15H24N2O3S2/c1-5-22(19,20)10-11(2)16-15(18)17-12(3)13-8-6-7-9-14(13)21-4/h6-9,11-12H,5,10H2,1-4H3,(H2,16,17,18)/t11?,12-/m1/s1. The summed E-state index contributed by atoms with van der Waals surface area (Å²) in [6.07, 6.45) is 1.99. The molecule has 5 nitrogen and oxygen atoms in total. The summed E-state index contributed by atoms with van der Waals surface area (Å²) in [4.78, 5) is 13.1.